The Morgan fingerprint density at radius 1 is 0.486 bits per heavy atom. The second-order valence-electron chi connectivity index (χ2n) is 11.0. The third-order valence-corrected chi connectivity index (χ3v) is 7.77. The van der Waals surface area contributed by atoms with Crippen LogP contribution < -0.4 is 0 Å². The van der Waals surface area contributed by atoms with Gasteiger partial charge in [0.2, 0.25) is 0 Å². The minimum atomic E-state index is 0.505. The van der Waals surface area contributed by atoms with Crippen LogP contribution in [0.1, 0.15) is 141 Å². The molecule has 1 heterocycles. The molecule has 35 heavy (non-hydrogen) atoms. The van der Waals surface area contributed by atoms with Crippen molar-refractivity contribution in [1.29, 1.82) is 0 Å². The van der Waals surface area contributed by atoms with Gasteiger partial charge in [-0.15, -0.1) is 0 Å². The predicted molar refractivity (Wildman–Crippen MR) is 156 cm³/mol. The highest BCUT2D eigenvalue weighted by Gasteiger charge is 2.25. The monoisotopic (exact) mass is 482 g/mol. The van der Waals surface area contributed by atoms with Crippen LogP contribution >= 0.6 is 0 Å². The van der Waals surface area contributed by atoms with Crippen LogP contribution in [-0.2, 0) is 6.42 Å². The quantitative estimate of drug-likeness (QED) is 0.143. The molecule has 0 N–H and O–H groups in total. The molecule has 1 aromatic carbocycles. The lowest BCUT2D eigenvalue weighted by Gasteiger charge is -2.33. The summed E-state index contributed by atoms with van der Waals surface area (Å²) in [5.74, 6) is 0. The van der Waals surface area contributed by atoms with Crippen molar-refractivity contribution in [2.24, 2.45) is 0 Å². The normalized spacial score (nSPS) is 15.4. The molecule has 2 nitrogen and oxygen atoms in total. The summed E-state index contributed by atoms with van der Waals surface area (Å²) in [5.41, 5.74) is 1.45. The number of hydrogen-bond acceptors (Lipinski definition) is 2. The van der Waals surface area contributed by atoms with Crippen molar-refractivity contribution in [1.82, 2.24) is 9.80 Å². The molecule has 1 unspecified atom stereocenters. The fourth-order valence-electron chi connectivity index (χ4n) is 5.43. The number of unbranched alkanes of at least 4 members (excludes halogenated alkanes) is 17. The van der Waals surface area contributed by atoms with E-state index in [2.05, 4.69) is 66.4 Å². The zero-order chi connectivity index (χ0) is 24.8. The van der Waals surface area contributed by atoms with Crippen LogP contribution in [0.5, 0.6) is 0 Å². The summed E-state index contributed by atoms with van der Waals surface area (Å²) in [6.07, 6.45) is 33.3. The van der Waals surface area contributed by atoms with E-state index >= 15 is 0 Å². The summed E-state index contributed by atoms with van der Waals surface area (Å²) < 4.78 is 0. The Labute approximate surface area is 219 Å². The van der Waals surface area contributed by atoms with Crippen molar-refractivity contribution in [3.63, 3.8) is 0 Å². The number of nitrogens with zero attached hydrogens (tertiary/aromatic N) is 2. The highest BCUT2D eigenvalue weighted by molar-refractivity contribution is 5.17. The molecule has 0 saturated heterocycles. The van der Waals surface area contributed by atoms with Gasteiger partial charge in [0.1, 0.15) is 6.17 Å². The van der Waals surface area contributed by atoms with Gasteiger partial charge in [0.15, 0.2) is 0 Å². The van der Waals surface area contributed by atoms with E-state index in [1.165, 1.54) is 141 Å². The third kappa shape index (κ3) is 14.0. The molecule has 0 spiro atoms. The maximum Gasteiger partial charge on any atom is 0.105 e. The minimum absolute atomic E-state index is 0.505. The Bertz CT molecular complexity index is 611. The van der Waals surface area contributed by atoms with E-state index in [1.54, 1.807) is 0 Å². The largest absolute Gasteiger partial charge is 0.356 e. The zero-order valence-corrected chi connectivity index (χ0v) is 23.6. The van der Waals surface area contributed by atoms with Crippen LogP contribution in [0.25, 0.3) is 0 Å². The van der Waals surface area contributed by atoms with E-state index in [1.807, 2.05) is 0 Å². The molecular weight excluding hydrogens is 424 g/mol. The van der Waals surface area contributed by atoms with E-state index in [0.717, 1.165) is 6.42 Å². The van der Waals surface area contributed by atoms with Crippen molar-refractivity contribution < 1.29 is 0 Å². The molecule has 1 aliphatic rings. The first-order chi connectivity index (χ1) is 17.3. The van der Waals surface area contributed by atoms with Crippen LogP contribution in [0, 0.1) is 0 Å². The van der Waals surface area contributed by atoms with Gasteiger partial charge >= 0.3 is 0 Å². The van der Waals surface area contributed by atoms with Gasteiger partial charge in [0.05, 0.1) is 0 Å². The van der Waals surface area contributed by atoms with Gasteiger partial charge in [-0.25, -0.2) is 0 Å². The maximum atomic E-state index is 2.61. The third-order valence-electron chi connectivity index (χ3n) is 7.77. The minimum Gasteiger partial charge on any atom is -0.356 e. The highest BCUT2D eigenvalue weighted by Crippen LogP contribution is 2.22. The topological polar surface area (TPSA) is 6.48 Å². The first kappa shape index (κ1) is 29.8. The van der Waals surface area contributed by atoms with Crippen molar-refractivity contribution >= 4 is 0 Å². The lowest BCUT2D eigenvalue weighted by atomic mass is 10.0. The van der Waals surface area contributed by atoms with Gasteiger partial charge in [-0.3, -0.25) is 0 Å². The van der Waals surface area contributed by atoms with Gasteiger partial charge in [-0.2, -0.15) is 0 Å². The van der Waals surface area contributed by atoms with Crippen LogP contribution in [0.2, 0.25) is 0 Å². The summed E-state index contributed by atoms with van der Waals surface area (Å²) >= 11 is 0. The van der Waals surface area contributed by atoms with Crippen LogP contribution in [0.4, 0.5) is 0 Å². The zero-order valence-electron chi connectivity index (χ0n) is 23.6. The standard InChI is InChI=1S/C33H58N2/c1-3-5-7-8-9-10-11-12-13-14-15-16-17-18-19-20-24-28-35-30-29-34(27-6-4-2)33(35)31-32-25-22-21-23-26-32/h21-23,25-26,29-30,33H,3-20,24,27-28,31H2,1-2H3. The summed E-state index contributed by atoms with van der Waals surface area (Å²) in [5, 5.41) is 0. The van der Waals surface area contributed by atoms with Crippen LogP contribution in [0.15, 0.2) is 42.7 Å². The summed E-state index contributed by atoms with van der Waals surface area (Å²) in [6, 6.07) is 11.0. The first-order valence-corrected chi connectivity index (χ1v) is 15.6. The Hall–Kier alpha value is -1.44. The molecule has 0 amide bonds. The first-order valence-electron chi connectivity index (χ1n) is 15.6. The van der Waals surface area contributed by atoms with Gasteiger partial charge in [-0.1, -0.05) is 153 Å². The summed E-state index contributed by atoms with van der Waals surface area (Å²) in [4.78, 5) is 5.18. The molecule has 0 saturated carbocycles. The Morgan fingerprint density at radius 2 is 0.886 bits per heavy atom. The smallest absolute Gasteiger partial charge is 0.105 e. The molecule has 1 atom stereocenters. The molecule has 0 aromatic heterocycles. The Balaban J connectivity index is 1.45. The molecule has 0 bridgehead atoms. The average Bonchev–Trinajstić information content (AvgIpc) is 3.26. The van der Waals surface area contributed by atoms with Crippen LogP contribution in [-0.4, -0.2) is 29.1 Å². The van der Waals surface area contributed by atoms with Gasteiger partial charge in [-0.05, 0) is 18.4 Å². The fourth-order valence-corrected chi connectivity index (χ4v) is 5.43. The summed E-state index contributed by atoms with van der Waals surface area (Å²) in [6.45, 7) is 6.98. The Morgan fingerprint density at radius 3 is 1.34 bits per heavy atom. The van der Waals surface area contributed by atoms with Crippen LogP contribution in [0.3, 0.4) is 0 Å². The van der Waals surface area contributed by atoms with Crippen molar-refractivity contribution in [3.05, 3.63) is 48.3 Å². The molecule has 1 aliphatic heterocycles. The molecule has 0 aliphatic carbocycles. The predicted octanol–water partition coefficient (Wildman–Crippen LogP) is 10.1. The van der Waals surface area contributed by atoms with Gasteiger partial charge in [0.25, 0.3) is 0 Å². The van der Waals surface area contributed by atoms with E-state index in [0.29, 0.717) is 6.17 Å². The van der Waals surface area contributed by atoms with E-state index in [-0.39, 0.29) is 0 Å². The molecule has 2 heteroatoms. The van der Waals surface area contributed by atoms with Crippen molar-refractivity contribution in [3.8, 4) is 0 Å². The van der Waals surface area contributed by atoms with Crippen molar-refractivity contribution in [2.75, 3.05) is 13.1 Å². The highest BCUT2D eigenvalue weighted by atomic mass is 15.4. The Kier molecular flexibility index (Phi) is 17.6. The maximum absolute atomic E-state index is 2.61. The van der Waals surface area contributed by atoms with E-state index in [9.17, 15) is 0 Å². The molecular formula is C33H58N2. The van der Waals surface area contributed by atoms with Gasteiger partial charge in [0, 0.05) is 31.9 Å². The number of benzene rings is 1. The van der Waals surface area contributed by atoms with Crippen molar-refractivity contribution in [2.45, 2.75) is 148 Å². The SMILES string of the molecule is CCCCCCCCCCCCCCCCCCCN1C=CN(CCCC)C1Cc1ccccc1. The molecule has 2 rings (SSSR count). The molecule has 1 aromatic rings. The molecule has 0 fully saturated rings. The lowest BCUT2D eigenvalue weighted by Crippen LogP contribution is -2.41. The summed E-state index contributed by atoms with van der Waals surface area (Å²) in [7, 11) is 0. The number of hydrogen-bond donors (Lipinski definition) is 0. The average molecular weight is 483 g/mol. The van der Waals surface area contributed by atoms with Gasteiger partial charge < -0.3 is 9.80 Å². The second-order valence-corrected chi connectivity index (χ2v) is 11.0. The molecule has 0 radical (unpaired) electrons. The fraction of sp³-hybridized carbons (Fsp3) is 0.758. The molecule has 200 valence electrons. The number of rotatable bonds is 23. The lowest BCUT2D eigenvalue weighted by molar-refractivity contribution is 0.148. The van der Waals surface area contributed by atoms with E-state index in [4.69, 9.17) is 0 Å². The second kappa shape index (κ2) is 20.7. The van der Waals surface area contributed by atoms with E-state index < -0.39 is 0 Å².